The predicted octanol–water partition coefficient (Wildman–Crippen LogP) is 2.95. The zero-order valence-corrected chi connectivity index (χ0v) is 15.4. The van der Waals surface area contributed by atoms with Crippen molar-refractivity contribution in [3.05, 3.63) is 29.8 Å². The molecule has 1 aromatic carbocycles. The first-order valence-electron chi connectivity index (χ1n) is 9.08. The molecular weight excluding hydrogens is 338 g/mol. The first-order chi connectivity index (χ1) is 11.7. The zero-order valence-electron chi connectivity index (χ0n) is 14.6. The number of hydrogen-bond acceptors (Lipinski definition) is 3. The second-order valence-corrected chi connectivity index (χ2v) is 6.92. The van der Waals surface area contributed by atoms with Crippen LogP contribution in [0.4, 0.5) is 5.69 Å². The first kappa shape index (κ1) is 19.7. The Balaban J connectivity index is 0.00000225. The van der Waals surface area contributed by atoms with Crippen LogP contribution in [0.1, 0.15) is 44.1 Å². The number of likely N-dealkylation sites (tertiary alicyclic amines) is 1. The molecule has 0 radical (unpaired) electrons. The maximum Gasteiger partial charge on any atom is 0.224 e. The molecule has 0 aliphatic carbocycles. The van der Waals surface area contributed by atoms with E-state index in [2.05, 4.69) is 10.6 Å². The van der Waals surface area contributed by atoms with Gasteiger partial charge in [-0.3, -0.25) is 9.59 Å². The van der Waals surface area contributed by atoms with Gasteiger partial charge in [-0.15, -0.1) is 12.4 Å². The molecule has 2 amide bonds. The number of anilines is 1. The van der Waals surface area contributed by atoms with E-state index in [0.717, 1.165) is 50.1 Å². The molecule has 1 atom stereocenters. The summed E-state index contributed by atoms with van der Waals surface area (Å²) in [6.07, 6.45) is 5.43. The molecule has 0 bridgehead atoms. The lowest BCUT2D eigenvalue weighted by molar-refractivity contribution is -0.133. The number of nitrogens with zero attached hydrogens (tertiary/aromatic N) is 1. The molecule has 1 aromatic rings. The van der Waals surface area contributed by atoms with Crippen molar-refractivity contribution in [1.82, 2.24) is 10.2 Å². The molecule has 138 valence electrons. The van der Waals surface area contributed by atoms with E-state index in [1.807, 2.05) is 29.2 Å². The summed E-state index contributed by atoms with van der Waals surface area (Å²) in [7, 11) is 0. The molecular formula is C19H28ClN3O2. The summed E-state index contributed by atoms with van der Waals surface area (Å²) in [6, 6.07) is 7.86. The van der Waals surface area contributed by atoms with Crippen LogP contribution in [-0.2, 0) is 16.1 Å². The minimum absolute atomic E-state index is 0. The lowest BCUT2D eigenvalue weighted by Crippen LogP contribution is -2.34. The summed E-state index contributed by atoms with van der Waals surface area (Å²) >= 11 is 0. The Bertz CT molecular complexity index is 588. The quantitative estimate of drug-likeness (QED) is 0.814. The Kier molecular flexibility index (Phi) is 7.72. The van der Waals surface area contributed by atoms with Crippen molar-refractivity contribution >= 4 is 29.9 Å². The number of carbonyl (C=O) groups is 2. The number of nitrogens with one attached hydrogen (secondary N) is 2. The standard InChI is InChI=1S/C19H27N3O2.ClH/c23-18(8-7-15-9-10-20-13-15)21-17-5-3-4-16(12-17)14-22-11-2-1-6-19(22)24;/h3-5,12,15,20H,1-2,6-11,13-14H2,(H,21,23);1H. The van der Waals surface area contributed by atoms with Gasteiger partial charge in [0.2, 0.25) is 11.8 Å². The second kappa shape index (κ2) is 9.78. The van der Waals surface area contributed by atoms with Crippen LogP contribution in [0.15, 0.2) is 24.3 Å². The van der Waals surface area contributed by atoms with Gasteiger partial charge in [-0.05, 0) is 62.4 Å². The van der Waals surface area contributed by atoms with Crippen molar-refractivity contribution in [1.29, 1.82) is 0 Å². The van der Waals surface area contributed by atoms with Gasteiger partial charge in [-0.1, -0.05) is 12.1 Å². The van der Waals surface area contributed by atoms with E-state index in [4.69, 9.17) is 0 Å². The molecule has 2 heterocycles. The summed E-state index contributed by atoms with van der Waals surface area (Å²) in [5.74, 6) is 0.946. The van der Waals surface area contributed by atoms with Crippen molar-refractivity contribution in [2.75, 3.05) is 25.0 Å². The van der Waals surface area contributed by atoms with Crippen LogP contribution in [0, 0.1) is 5.92 Å². The lowest BCUT2D eigenvalue weighted by Gasteiger charge is -2.26. The molecule has 0 spiro atoms. The fourth-order valence-electron chi connectivity index (χ4n) is 3.52. The minimum atomic E-state index is 0. The van der Waals surface area contributed by atoms with E-state index in [-0.39, 0.29) is 24.2 Å². The van der Waals surface area contributed by atoms with Crippen molar-refractivity contribution < 1.29 is 9.59 Å². The fourth-order valence-corrected chi connectivity index (χ4v) is 3.52. The Labute approximate surface area is 155 Å². The number of halogens is 1. The Morgan fingerprint density at radius 3 is 2.96 bits per heavy atom. The average molecular weight is 366 g/mol. The molecule has 0 aromatic heterocycles. The van der Waals surface area contributed by atoms with Gasteiger partial charge < -0.3 is 15.5 Å². The van der Waals surface area contributed by atoms with E-state index >= 15 is 0 Å². The number of hydrogen-bond donors (Lipinski definition) is 2. The van der Waals surface area contributed by atoms with Gasteiger partial charge in [-0.2, -0.15) is 0 Å². The van der Waals surface area contributed by atoms with Gasteiger partial charge in [0, 0.05) is 31.6 Å². The van der Waals surface area contributed by atoms with Gasteiger partial charge in [-0.25, -0.2) is 0 Å². The highest BCUT2D eigenvalue weighted by atomic mass is 35.5. The normalized spacial score (nSPS) is 20.2. The average Bonchev–Trinajstić information content (AvgIpc) is 3.09. The molecule has 2 N–H and O–H groups in total. The highest BCUT2D eigenvalue weighted by molar-refractivity contribution is 5.90. The molecule has 5 nitrogen and oxygen atoms in total. The van der Waals surface area contributed by atoms with Crippen LogP contribution < -0.4 is 10.6 Å². The van der Waals surface area contributed by atoms with Crippen molar-refractivity contribution in [3.8, 4) is 0 Å². The molecule has 2 aliphatic rings. The number of carbonyl (C=O) groups excluding carboxylic acids is 2. The third-order valence-corrected chi connectivity index (χ3v) is 4.95. The smallest absolute Gasteiger partial charge is 0.224 e. The predicted molar refractivity (Wildman–Crippen MR) is 102 cm³/mol. The van der Waals surface area contributed by atoms with Gasteiger partial charge in [0.25, 0.3) is 0 Å². The maximum absolute atomic E-state index is 12.1. The van der Waals surface area contributed by atoms with E-state index in [0.29, 0.717) is 25.3 Å². The van der Waals surface area contributed by atoms with E-state index < -0.39 is 0 Å². The summed E-state index contributed by atoms with van der Waals surface area (Å²) in [5.41, 5.74) is 1.90. The fraction of sp³-hybridized carbons (Fsp3) is 0.579. The number of benzene rings is 1. The second-order valence-electron chi connectivity index (χ2n) is 6.92. The van der Waals surface area contributed by atoms with Crippen molar-refractivity contribution in [2.24, 2.45) is 5.92 Å². The monoisotopic (exact) mass is 365 g/mol. The molecule has 6 heteroatoms. The Morgan fingerprint density at radius 2 is 2.20 bits per heavy atom. The third-order valence-electron chi connectivity index (χ3n) is 4.95. The number of rotatable bonds is 6. The molecule has 0 saturated carbocycles. The van der Waals surface area contributed by atoms with E-state index in [1.54, 1.807) is 0 Å². The number of piperidine rings is 1. The molecule has 2 saturated heterocycles. The van der Waals surface area contributed by atoms with Crippen LogP contribution in [-0.4, -0.2) is 36.3 Å². The molecule has 2 fully saturated rings. The molecule has 3 rings (SSSR count). The largest absolute Gasteiger partial charge is 0.338 e. The van der Waals surface area contributed by atoms with Crippen molar-refractivity contribution in [2.45, 2.75) is 45.1 Å². The SMILES string of the molecule is Cl.O=C(CCC1CCNC1)Nc1cccc(CN2CCCCC2=O)c1. The van der Waals surface area contributed by atoms with Gasteiger partial charge in [0.05, 0.1) is 0 Å². The molecule has 1 unspecified atom stereocenters. The summed E-state index contributed by atoms with van der Waals surface area (Å²) in [5, 5.41) is 6.32. The highest BCUT2D eigenvalue weighted by Crippen LogP contribution is 2.18. The van der Waals surface area contributed by atoms with Crippen LogP contribution >= 0.6 is 12.4 Å². The minimum Gasteiger partial charge on any atom is -0.338 e. The number of amides is 2. The van der Waals surface area contributed by atoms with E-state index in [1.165, 1.54) is 6.42 Å². The van der Waals surface area contributed by atoms with Crippen LogP contribution in [0.5, 0.6) is 0 Å². The Morgan fingerprint density at radius 1 is 1.32 bits per heavy atom. The first-order valence-corrected chi connectivity index (χ1v) is 9.08. The Hall–Kier alpha value is -1.59. The topological polar surface area (TPSA) is 61.4 Å². The van der Waals surface area contributed by atoms with Gasteiger partial charge in [0.15, 0.2) is 0 Å². The maximum atomic E-state index is 12.1. The van der Waals surface area contributed by atoms with E-state index in [9.17, 15) is 9.59 Å². The third kappa shape index (κ3) is 6.01. The zero-order chi connectivity index (χ0) is 16.8. The summed E-state index contributed by atoms with van der Waals surface area (Å²) < 4.78 is 0. The summed E-state index contributed by atoms with van der Waals surface area (Å²) in [4.78, 5) is 26.0. The van der Waals surface area contributed by atoms with Gasteiger partial charge >= 0.3 is 0 Å². The lowest BCUT2D eigenvalue weighted by atomic mass is 10.0. The van der Waals surface area contributed by atoms with Gasteiger partial charge in [0.1, 0.15) is 0 Å². The van der Waals surface area contributed by atoms with Crippen LogP contribution in [0.3, 0.4) is 0 Å². The molecule has 2 aliphatic heterocycles. The van der Waals surface area contributed by atoms with Crippen LogP contribution in [0.2, 0.25) is 0 Å². The summed E-state index contributed by atoms with van der Waals surface area (Å²) in [6.45, 7) is 3.58. The molecule has 25 heavy (non-hydrogen) atoms. The highest BCUT2D eigenvalue weighted by Gasteiger charge is 2.18. The van der Waals surface area contributed by atoms with Crippen LogP contribution in [0.25, 0.3) is 0 Å². The van der Waals surface area contributed by atoms with Crippen molar-refractivity contribution in [3.63, 3.8) is 0 Å².